The smallest absolute Gasteiger partial charge is 0.0535 e. The molecule has 2 rings (SSSR count). The quantitative estimate of drug-likeness (QED) is 0.874. The molecule has 0 unspecified atom stereocenters. The van der Waals surface area contributed by atoms with Crippen molar-refractivity contribution < 1.29 is 0 Å². The second-order valence-corrected chi connectivity index (χ2v) is 4.61. The van der Waals surface area contributed by atoms with Crippen molar-refractivity contribution in [1.29, 1.82) is 0 Å². The number of benzene rings is 1. The van der Waals surface area contributed by atoms with Gasteiger partial charge in [0.05, 0.1) is 6.20 Å². The highest BCUT2D eigenvalue weighted by Crippen LogP contribution is 2.16. The van der Waals surface area contributed by atoms with E-state index in [1.807, 2.05) is 37.4 Å². The minimum atomic E-state index is 0.293. The highest BCUT2D eigenvalue weighted by atomic mass is 35.5. The van der Waals surface area contributed by atoms with Crippen molar-refractivity contribution >= 4 is 11.6 Å². The van der Waals surface area contributed by atoms with E-state index in [9.17, 15) is 0 Å². The second-order valence-electron chi connectivity index (χ2n) is 4.17. The lowest BCUT2D eigenvalue weighted by molar-refractivity contribution is 0.573. The standard InChI is InChI=1S/C13H16ClN3/c1-9(11-3-5-13(14)6-4-11)15-7-12-8-16-17-10(12)2/h3-6,8-9,15H,7H2,1-2H3,(H,16,17)/t9-/m1/s1. The Kier molecular flexibility index (Phi) is 3.82. The van der Waals surface area contributed by atoms with E-state index in [1.54, 1.807) is 0 Å². The summed E-state index contributed by atoms with van der Waals surface area (Å²) < 4.78 is 0. The van der Waals surface area contributed by atoms with E-state index in [-0.39, 0.29) is 0 Å². The predicted molar refractivity (Wildman–Crippen MR) is 70.0 cm³/mol. The van der Waals surface area contributed by atoms with Crippen molar-refractivity contribution in [2.24, 2.45) is 0 Å². The number of nitrogens with zero attached hydrogens (tertiary/aromatic N) is 1. The summed E-state index contributed by atoms with van der Waals surface area (Å²) in [5.74, 6) is 0. The summed E-state index contributed by atoms with van der Waals surface area (Å²) in [7, 11) is 0. The molecule has 0 amide bonds. The summed E-state index contributed by atoms with van der Waals surface area (Å²) in [5.41, 5.74) is 3.54. The molecule has 17 heavy (non-hydrogen) atoms. The number of aryl methyl sites for hydroxylation is 1. The van der Waals surface area contributed by atoms with Crippen molar-refractivity contribution in [2.45, 2.75) is 26.4 Å². The molecule has 0 saturated heterocycles. The van der Waals surface area contributed by atoms with Crippen molar-refractivity contribution in [3.05, 3.63) is 52.3 Å². The van der Waals surface area contributed by atoms with Crippen LogP contribution in [-0.2, 0) is 6.54 Å². The van der Waals surface area contributed by atoms with Gasteiger partial charge >= 0.3 is 0 Å². The Morgan fingerprint density at radius 2 is 2.06 bits per heavy atom. The van der Waals surface area contributed by atoms with Crippen LogP contribution in [0.25, 0.3) is 0 Å². The number of H-pyrrole nitrogens is 1. The van der Waals surface area contributed by atoms with Crippen molar-refractivity contribution in [2.75, 3.05) is 0 Å². The zero-order valence-electron chi connectivity index (χ0n) is 10.00. The van der Waals surface area contributed by atoms with Crippen LogP contribution < -0.4 is 5.32 Å². The van der Waals surface area contributed by atoms with Crippen molar-refractivity contribution in [3.63, 3.8) is 0 Å². The first-order valence-electron chi connectivity index (χ1n) is 5.64. The van der Waals surface area contributed by atoms with Gasteiger partial charge in [-0.2, -0.15) is 5.10 Å². The molecule has 0 aliphatic rings. The zero-order valence-corrected chi connectivity index (χ0v) is 10.8. The Morgan fingerprint density at radius 1 is 1.35 bits per heavy atom. The molecule has 0 bridgehead atoms. The van der Waals surface area contributed by atoms with Gasteiger partial charge in [0.2, 0.25) is 0 Å². The largest absolute Gasteiger partial charge is 0.306 e. The molecule has 2 N–H and O–H groups in total. The number of aromatic nitrogens is 2. The summed E-state index contributed by atoms with van der Waals surface area (Å²) >= 11 is 5.86. The normalized spacial score (nSPS) is 12.6. The molecule has 0 aliphatic heterocycles. The topological polar surface area (TPSA) is 40.7 Å². The van der Waals surface area contributed by atoms with Gasteiger partial charge in [-0.15, -0.1) is 0 Å². The molecular formula is C13H16ClN3. The van der Waals surface area contributed by atoms with Gasteiger partial charge in [0, 0.05) is 28.9 Å². The molecule has 2 aromatic rings. The first kappa shape index (κ1) is 12.1. The van der Waals surface area contributed by atoms with E-state index in [0.717, 1.165) is 17.3 Å². The zero-order chi connectivity index (χ0) is 12.3. The minimum Gasteiger partial charge on any atom is -0.306 e. The lowest BCUT2D eigenvalue weighted by Gasteiger charge is -2.14. The average molecular weight is 250 g/mol. The van der Waals surface area contributed by atoms with E-state index in [2.05, 4.69) is 22.4 Å². The molecule has 0 aliphatic carbocycles. The molecule has 0 radical (unpaired) electrons. The van der Waals surface area contributed by atoms with E-state index >= 15 is 0 Å². The fraction of sp³-hybridized carbons (Fsp3) is 0.308. The number of hydrogen-bond donors (Lipinski definition) is 2. The van der Waals surface area contributed by atoms with Gasteiger partial charge in [-0.3, -0.25) is 5.10 Å². The highest BCUT2D eigenvalue weighted by Gasteiger charge is 2.06. The Balaban J connectivity index is 1.95. The first-order chi connectivity index (χ1) is 8.16. The van der Waals surface area contributed by atoms with Crippen LogP contribution in [0.15, 0.2) is 30.5 Å². The van der Waals surface area contributed by atoms with Crippen LogP contribution in [0.1, 0.15) is 29.8 Å². The Hall–Kier alpha value is -1.32. The summed E-state index contributed by atoms with van der Waals surface area (Å²) in [5, 5.41) is 11.2. The van der Waals surface area contributed by atoms with Gasteiger partial charge in [-0.25, -0.2) is 0 Å². The van der Waals surface area contributed by atoms with E-state index in [1.165, 1.54) is 11.1 Å². The summed E-state index contributed by atoms with van der Waals surface area (Å²) in [4.78, 5) is 0. The van der Waals surface area contributed by atoms with E-state index in [0.29, 0.717) is 6.04 Å². The maximum atomic E-state index is 5.86. The van der Waals surface area contributed by atoms with Crippen LogP contribution >= 0.6 is 11.6 Å². The van der Waals surface area contributed by atoms with Gasteiger partial charge < -0.3 is 5.32 Å². The fourth-order valence-corrected chi connectivity index (χ4v) is 1.81. The Bertz CT molecular complexity index is 476. The SMILES string of the molecule is Cc1[nH]ncc1CN[C@H](C)c1ccc(Cl)cc1. The number of aromatic amines is 1. The van der Waals surface area contributed by atoms with Gasteiger partial charge in [0.25, 0.3) is 0 Å². The maximum absolute atomic E-state index is 5.86. The number of halogens is 1. The second kappa shape index (κ2) is 5.34. The van der Waals surface area contributed by atoms with Crippen LogP contribution in [0.3, 0.4) is 0 Å². The molecule has 1 atom stereocenters. The number of hydrogen-bond acceptors (Lipinski definition) is 2. The molecule has 1 heterocycles. The highest BCUT2D eigenvalue weighted by molar-refractivity contribution is 6.30. The molecule has 4 heteroatoms. The van der Waals surface area contributed by atoms with Gasteiger partial charge in [0.15, 0.2) is 0 Å². The average Bonchev–Trinajstić information content (AvgIpc) is 2.73. The Morgan fingerprint density at radius 3 is 2.65 bits per heavy atom. The lowest BCUT2D eigenvalue weighted by atomic mass is 10.1. The van der Waals surface area contributed by atoms with E-state index < -0.39 is 0 Å². The third kappa shape index (κ3) is 3.08. The molecule has 3 nitrogen and oxygen atoms in total. The lowest BCUT2D eigenvalue weighted by Crippen LogP contribution is -2.18. The molecule has 0 fully saturated rings. The Labute approximate surface area is 106 Å². The van der Waals surface area contributed by atoms with Crippen LogP contribution in [0.4, 0.5) is 0 Å². The van der Waals surface area contributed by atoms with Crippen molar-refractivity contribution in [1.82, 2.24) is 15.5 Å². The molecule has 90 valence electrons. The third-order valence-corrected chi connectivity index (χ3v) is 3.15. The summed E-state index contributed by atoms with van der Waals surface area (Å²) in [6, 6.07) is 8.21. The summed E-state index contributed by atoms with van der Waals surface area (Å²) in [6.07, 6.45) is 1.86. The molecule has 1 aromatic carbocycles. The van der Waals surface area contributed by atoms with Gasteiger partial charge in [-0.05, 0) is 31.5 Å². The first-order valence-corrected chi connectivity index (χ1v) is 6.02. The van der Waals surface area contributed by atoms with Crippen LogP contribution in [-0.4, -0.2) is 10.2 Å². The fourth-order valence-electron chi connectivity index (χ4n) is 1.69. The van der Waals surface area contributed by atoms with Crippen LogP contribution in [0.2, 0.25) is 5.02 Å². The molecule has 1 aromatic heterocycles. The molecule has 0 spiro atoms. The molecular weight excluding hydrogens is 234 g/mol. The maximum Gasteiger partial charge on any atom is 0.0535 e. The van der Waals surface area contributed by atoms with Crippen LogP contribution in [0.5, 0.6) is 0 Å². The van der Waals surface area contributed by atoms with Crippen LogP contribution in [0, 0.1) is 6.92 Å². The minimum absolute atomic E-state index is 0.293. The predicted octanol–water partition coefficient (Wildman–Crippen LogP) is 3.22. The summed E-state index contributed by atoms with van der Waals surface area (Å²) in [6.45, 7) is 4.97. The molecule has 0 saturated carbocycles. The van der Waals surface area contributed by atoms with Crippen molar-refractivity contribution in [3.8, 4) is 0 Å². The van der Waals surface area contributed by atoms with Gasteiger partial charge in [-0.1, -0.05) is 23.7 Å². The van der Waals surface area contributed by atoms with Gasteiger partial charge in [0.1, 0.15) is 0 Å². The number of nitrogens with one attached hydrogen (secondary N) is 2. The third-order valence-electron chi connectivity index (χ3n) is 2.90. The monoisotopic (exact) mass is 249 g/mol. The van der Waals surface area contributed by atoms with E-state index in [4.69, 9.17) is 11.6 Å². The number of rotatable bonds is 4.